The van der Waals surface area contributed by atoms with Crippen molar-refractivity contribution in [2.45, 2.75) is 18.7 Å². The second-order valence-electron chi connectivity index (χ2n) is 4.21. The molecule has 96 valence electrons. The summed E-state index contributed by atoms with van der Waals surface area (Å²) >= 11 is 5.97. The molecule has 0 aliphatic rings. The van der Waals surface area contributed by atoms with Crippen LogP contribution in [0.2, 0.25) is 5.02 Å². The summed E-state index contributed by atoms with van der Waals surface area (Å²) in [6.45, 7) is 5.32. The molecular weight excluding hydrogens is 258 g/mol. The molecule has 0 fully saturated rings. The largest absolute Gasteiger partial charge is 0.399 e. The van der Waals surface area contributed by atoms with E-state index in [9.17, 15) is 4.21 Å². The van der Waals surface area contributed by atoms with Gasteiger partial charge in [0.25, 0.3) is 0 Å². The molecule has 5 heteroatoms. The van der Waals surface area contributed by atoms with Crippen molar-refractivity contribution in [1.82, 2.24) is 0 Å². The number of halogens is 1. The van der Waals surface area contributed by atoms with E-state index in [1.165, 1.54) is 0 Å². The first kappa shape index (κ1) is 14.5. The Hall–Kier alpha value is -0.580. The number of anilines is 1. The van der Waals surface area contributed by atoms with Gasteiger partial charge < -0.3 is 10.5 Å². The van der Waals surface area contributed by atoms with Crippen molar-refractivity contribution in [2.24, 2.45) is 5.92 Å². The van der Waals surface area contributed by atoms with Crippen molar-refractivity contribution in [1.29, 1.82) is 0 Å². The van der Waals surface area contributed by atoms with Crippen LogP contribution in [0.1, 0.15) is 13.8 Å². The van der Waals surface area contributed by atoms with Gasteiger partial charge in [-0.3, -0.25) is 4.21 Å². The Bertz CT molecular complexity index is 396. The van der Waals surface area contributed by atoms with Crippen molar-refractivity contribution < 1.29 is 8.95 Å². The van der Waals surface area contributed by atoms with Gasteiger partial charge in [0.15, 0.2) is 0 Å². The molecule has 0 bridgehead atoms. The molecule has 0 saturated carbocycles. The number of ether oxygens (including phenoxy) is 1. The molecule has 0 heterocycles. The van der Waals surface area contributed by atoms with E-state index in [4.69, 9.17) is 22.1 Å². The van der Waals surface area contributed by atoms with Gasteiger partial charge in [0.1, 0.15) is 0 Å². The van der Waals surface area contributed by atoms with Crippen LogP contribution in [0.5, 0.6) is 0 Å². The minimum absolute atomic E-state index is 0.451. The summed E-state index contributed by atoms with van der Waals surface area (Å²) in [6, 6.07) is 5.02. The molecule has 1 aromatic rings. The maximum atomic E-state index is 11.9. The molecule has 1 atom stereocenters. The Morgan fingerprint density at radius 1 is 1.47 bits per heavy atom. The summed E-state index contributed by atoms with van der Waals surface area (Å²) < 4.78 is 17.3. The van der Waals surface area contributed by atoms with Gasteiger partial charge in [0.05, 0.1) is 33.1 Å². The first-order chi connectivity index (χ1) is 8.00. The zero-order chi connectivity index (χ0) is 12.8. The Kier molecular flexibility index (Phi) is 5.95. The highest BCUT2D eigenvalue weighted by molar-refractivity contribution is 7.85. The third-order valence-corrected chi connectivity index (χ3v) is 3.87. The molecule has 1 unspecified atom stereocenters. The fourth-order valence-electron chi connectivity index (χ4n) is 1.27. The Labute approximate surface area is 110 Å². The van der Waals surface area contributed by atoms with Crippen LogP contribution in [0.4, 0.5) is 5.69 Å². The van der Waals surface area contributed by atoms with Gasteiger partial charge >= 0.3 is 0 Å². The van der Waals surface area contributed by atoms with Gasteiger partial charge in [-0.15, -0.1) is 0 Å². The summed E-state index contributed by atoms with van der Waals surface area (Å²) in [5.74, 6) is 0.944. The Morgan fingerprint density at radius 3 is 2.76 bits per heavy atom. The van der Waals surface area contributed by atoms with E-state index in [2.05, 4.69) is 13.8 Å². The zero-order valence-electron chi connectivity index (χ0n) is 10.1. The molecule has 0 amide bonds. The van der Waals surface area contributed by atoms with E-state index in [1.807, 2.05) is 0 Å². The van der Waals surface area contributed by atoms with Crippen molar-refractivity contribution in [3.8, 4) is 0 Å². The third kappa shape index (κ3) is 5.06. The van der Waals surface area contributed by atoms with Crippen molar-refractivity contribution >= 4 is 28.1 Å². The molecular formula is C12H18ClNO2S. The lowest BCUT2D eigenvalue weighted by Gasteiger charge is -2.08. The van der Waals surface area contributed by atoms with Crippen LogP contribution >= 0.6 is 11.6 Å². The molecule has 1 rings (SSSR count). The van der Waals surface area contributed by atoms with Crippen LogP contribution in [0.25, 0.3) is 0 Å². The Morgan fingerprint density at radius 2 is 2.18 bits per heavy atom. The van der Waals surface area contributed by atoms with Crippen LogP contribution < -0.4 is 5.73 Å². The molecule has 0 radical (unpaired) electrons. The molecule has 3 nitrogen and oxygen atoms in total. The summed E-state index contributed by atoms with van der Waals surface area (Å²) in [5.41, 5.74) is 6.15. The number of hydrogen-bond acceptors (Lipinski definition) is 3. The van der Waals surface area contributed by atoms with E-state index in [0.717, 1.165) is 0 Å². The molecule has 17 heavy (non-hydrogen) atoms. The fraction of sp³-hybridized carbons (Fsp3) is 0.500. The van der Waals surface area contributed by atoms with E-state index in [1.54, 1.807) is 18.2 Å². The number of benzene rings is 1. The molecule has 0 spiro atoms. The minimum Gasteiger partial charge on any atom is -0.399 e. The first-order valence-corrected chi connectivity index (χ1v) is 7.21. The normalized spacial score (nSPS) is 12.9. The van der Waals surface area contributed by atoms with E-state index < -0.39 is 10.8 Å². The summed E-state index contributed by atoms with van der Waals surface area (Å²) in [5, 5.41) is 0.451. The quantitative estimate of drug-likeness (QED) is 0.641. The molecule has 0 aliphatic carbocycles. The molecule has 0 aliphatic heterocycles. The summed E-state index contributed by atoms with van der Waals surface area (Å²) in [4.78, 5) is 0.619. The lowest BCUT2D eigenvalue weighted by atomic mass is 10.2. The number of hydrogen-bond donors (Lipinski definition) is 1. The summed E-state index contributed by atoms with van der Waals surface area (Å²) in [7, 11) is -1.13. The smallest absolute Gasteiger partial charge is 0.0587 e. The van der Waals surface area contributed by atoms with Crippen molar-refractivity contribution in [3.05, 3.63) is 23.2 Å². The number of rotatable bonds is 6. The Balaban J connectivity index is 2.47. The van der Waals surface area contributed by atoms with E-state index >= 15 is 0 Å². The van der Waals surface area contributed by atoms with Crippen LogP contribution in [-0.2, 0) is 15.5 Å². The van der Waals surface area contributed by atoms with Crippen LogP contribution in [0.15, 0.2) is 23.1 Å². The summed E-state index contributed by atoms with van der Waals surface area (Å²) in [6.07, 6.45) is 0. The van der Waals surface area contributed by atoms with Crippen molar-refractivity contribution in [2.75, 3.05) is 24.7 Å². The van der Waals surface area contributed by atoms with Gasteiger partial charge in [-0.05, 0) is 24.1 Å². The van der Waals surface area contributed by atoms with Crippen molar-refractivity contribution in [3.63, 3.8) is 0 Å². The highest BCUT2D eigenvalue weighted by atomic mass is 35.5. The number of nitrogens with two attached hydrogens (primary N) is 1. The van der Waals surface area contributed by atoms with E-state index in [0.29, 0.717) is 40.5 Å². The van der Waals surface area contributed by atoms with Crippen LogP contribution in [0, 0.1) is 5.92 Å². The average molecular weight is 276 g/mol. The lowest BCUT2D eigenvalue weighted by Crippen LogP contribution is -2.10. The standard InChI is InChI=1S/C12H18ClNO2S/c1-9(2)8-16-5-6-17(15)12-4-3-10(14)7-11(12)13/h3-4,7,9H,5-6,8,14H2,1-2H3. The molecule has 0 saturated heterocycles. The van der Waals surface area contributed by atoms with Gasteiger partial charge in [0.2, 0.25) is 0 Å². The maximum absolute atomic E-state index is 11.9. The van der Waals surface area contributed by atoms with Crippen LogP contribution in [0.3, 0.4) is 0 Å². The second kappa shape index (κ2) is 6.99. The highest BCUT2D eigenvalue weighted by Gasteiger charge is 2.08. The van der Waals surface area contributed by atoms with E-state index in [-0.39, 0.29) is 0 Å². The SMILES string of the molecule is CC(C)COCCS(=O)c1ccc(N)cc1Cl. The van der Waals surface area contributed by atoms with Gasteiger partial charge in [0, 0.05) is 12.3 Å². The topological polar surface area (TPSA) is 52.3 Å². The predicted octanol–water partition coefficient (Wildman–Crippen LogP) is 2.70. The fourth-order valence-corrected chi connectivity index (χ4v) is 2.70. The molecule has 0 aromatic heterocycles. The molecule has 1 aromatic carbocycles. The zero-order valence-corrected chi connectivity index (χ0v) is 11.7. The minimum atomic E-state index is -1.13. The third-order valence-electron chi connectivity index (χ3n) is 2.07. The predicted molar refractivity (Wildman–Crippen MR) is 72.8 cm³/mol. The van der Waals surface area contributed by atoms with Crippen LogP contribution in [-0.4, -0.2) is 23.2 Å². The monoisotopic (exact) mass is 275 g/mol. The first-order valence-electron chi connectivity index (χ1n) is 5.52. The van der Waals surface area contributed by atoms with Gasteiger partial charge in [-0.1, -0.05) is 25.4 Å². The van der Waals surface area contributed by atoms with Gasteiger partial charge in [-0.2, -0.15) is 0 Å². The maximum Gasteiger partial charge on any atom is 0.0587 e. The lowest BCUT2D eigenvalue weighted by molar-refractivity contribution is 0.123. The number of nitrogen functional groups attached to an aromatic ring is 1. The second-order valence-corrected chi connectivity index (χ2v) is 6.15. The van der Waals surface area contributed by atoms with Gasteiger partial charge in [-0.25, -0.2) is 0 Å². The highest BCUT2D eigenvalue weighted by Crippen LogP contribution is 2.22. The molecule has 2 N–H and O–H groups in total. The average Bonchev–Trinajstić information content (AvgIpc) is 2.23.